The van der Waals surface area contributed by atoms with E-state index < -0.39 is 0 Å². The molecule has 3 rings (SSSR count). The molecule has 1 fully saturated rings. The summed E-state index contributed by atoms with van der Waals surface area (Å²) in [5.41, 5.74) is 1.79. The van der Waals surface area contributed by atoms with E-state index in [1.807, 2.05) is 18.2 Å². The zero-order valence-electron chi connectivity index (χ0n) is 9.90. The first kappa shape index (κ1) is 11.1. The van der Waals surface area contributed by atoms with Gasteiger partial charge in [0.05, 0.1) is 17.4 Å². The van der Waals surface area contributed by atoms with Gasteiger partial charge in [-0.15, -0.1) is 0 Å². The molecule has 0 bridgehead atoms. The number of pyridine rings is 1. The number of anilines is 1. The van der Waals surface area contributed by atoms with E-state index in [9.17, 15) is 9.18 Å². The Kier molecular flexibility index (Phi) is 2.70. The smallest absolute Gasteiger partial charge is 0.142 e. The van der Waals surface area contributed by atoms with E-state index in [1.165, 1.54) is 12.3 Å². The number of benzene rings is 1. The molecule has 92 valence electrons. The number of hydrogen-bond donors (Lipinski definition) is 0. The molecule has 18 heavy (non-hydrogen) atoms. The van der Waals surface area contributed by atoms with Gasteiger partial charge >= 0.3 is 0 Å². The summed E-state index contributed by atoms with van der Waals surface area (Å²) in [6, 6.07) is 7.21. The predicted octanol–water partition coefficient (Wildman–Crippen LogP) is 2.54. The van der Waals surface area contributed by atoms with Crippen LogP contribution in [0, 0.1) is 5.82 Å². The van der Waals surface area contributed by atoms with Crippen molar-refractivity contribution in [2.45, 2.75) is 12.8 Å². The third-order valence-electron chi connectivity index (χ3n) is 3.32. The summed E-state index contributed by atoms with van der Waals surface area (Å²) in [7, 11) is 0. The Hall–Kier alpha value is -1.97. The van der Waals surface area contributed by atoms with E-state index >= 15 is 0 Å². The summed E-state index contributed by atoms with van der Waals surface area (Å²) in [6.45, 7) is 1.44. The van der Waals surface area contributed by atoms with Gasteiger partial charge in [-0.3, -0.25) is 9.78 Å². The van der Waals surface area contributed by atoms with Gasteiger partial charge in [-0.25, -0.2) is 4.39 Å². The number of aromatic nitrogens is 1. The van der Waals surface area contributed by atoms with E-state index in [0.717, 1.165) is 29.7 Å². The lowest BCUT2D eigenvalue weighted by molar-refractivity contribution is -0.119. The first-order chi connectivity index (χ1) is 8.74. The molecule has 1 aliphatic rings. The number of nitrogens with zero attached hydrogens (tertiary/aromatic N) is 2. The summed E-state index contributed by atoms with van der Waals surface area (Å²) < 4.78 is 13.1. The second kappa shape index (κ2) is 4.37. The van der Waals surface area contributed by atoms with Crippen LogP contribution in [-0.2, 0) is 4.79 Å². The van der Waals surface area contributed by atoms with Crippen LogP contribution in [0.2, 0.25) is 0 Å². The molecule has 0 atom stereocenters. The molecule has 0 spiro atoms. The van der Waals surface area contributed by atoms with Crippen LogP contribution in [0.15, 0.2) is 30.5 Å². The van der Waals surface area contributed by atoms with Crippen molar-refractivity contribution in [3.05, 3.63) is 36.3 Å². The average molecular weight is 244 g/mol. The van der Waals surface area contributed by atoms with Crippen molar-refractivity contribution in [2.24, 2.45) is 0 Å². The van der Waals surface area contributed by atoms with Crippen LogP contribution in [0.3, 0.4) is 0 Å². The van der Waals surface area contributed by atoms with E-state index in [-0.39, 0.29) is 5.82 Å². The molecule has 2 heterocycles. The highest BCUT2D eigenvalue weighted by Gasteiger charge is 2.18. The molecule has 0 N–H and O–H groups in total. The number of fused-ring (bicyclic) bond motifs is 1. The molecule has 0 unspecified atom stereocenters. The molecule has 4 heteroatoms. The average Bonchev–Trinajstić information content (AvgIpc) is 2.38. The highest BCUT2D eigenvalue weighted by molar-refractivity contribution is 5.91. The summed E-state index contributed by atoms with van der Waals surface area (Å²) in [6.07, 6.45) is 2.40. The van der Waals surface area contributed by atoms with Crippen LogP contribution in [-0.4, -0.2) is 23.9 Å². The monoisotopic (exact) mass is 244 g/mol. The third kappa shape index (κ3) is 1.94. The zero-order chi connectivity index (χ0) is 12.5. The Morgan fingerprint density at radius 1 is 1.22 bits per heavy atom. The third-order valence-corrected chi connectivity index (χ3v) is 3.32. The Morgan fingerprint density at radius 2 is 2.00 bits per heavy atom. The minimum Gasteiger partial charge on any atom is -0.369 e. The van der Waals surface area contributed by atoms with Crippen LogP contribution >= 0.6 is 0 Å². The van der Waals surface area contributed by atoms with Crippen molar-refractivity contribution < 1.29 is 9.18 Å². The topological polar surface area (TPSA) is 33.2 Å². The van der Waals surface area contributed by atoms with Gasteiger partial charge in [0.2, 0.25) is 0 Å². The molecule has 0 saturated carbocycles. The highest BCUT2D eigenvalue weighted by atomic mass is 19.1. The number of carbonyl (C=O) groups excluding carboxylic acids is 1. The summed E-state index contributed by atoms with van der Waals surface area (Å²) in [4.78, 5) is 17.6. The molecule has 1 aromatic heterocycles. The van der Waals surface area contributed by atoms with Crippen LogP contribution in [0.1, 0.15) is 12.8 Å². The van der Waals surface area contributed by atoms with Gasteiger partial charge in [0, 0.05) is 31.3 Å². The summed E-state index contributed by atoms with van der Waals surface area (Å²) >= 11 is 0. The molecule has 1 aromatic carbocycles. The van der Waals surface area contributed by atoms with Gasteiger partial charge in [-0.2, -0.15) is 0 Å². The number of rotatable bonds is 1. The Balaban J connectivity index is 2.03. The van der Waals surface area contributed by atoms with Gasteiger partial charge in [-0.05, 0) is 12.1 Å². The van der Waals surface area contributed by atoms with Gasteiger partial charge in [-0.1, -0.05) is 12.1 Å². The number of hydrogen-bond acceptors (Lipinski definition) is 3. The van der Waals surface area contributed by atoms with Crippen LogP contribution in [0.5, 0.6) is 0 Å². The molecule has 1 aliphatic heterocycles. The number of para-hydroxylation sites is 1. The largest absolute Gasteiger partial charge is 0.369 e. The van der Waals surface area contributed by atoms with Crippen molar-refractivity contribution in [3.63, 3.8) is 0 Å². The number of carbonyl (C=O) groups is 1. The molecule has 0 radical (unpaired) electrons. The number of halogens is 1. The van der Waals surface area contributed by atoms with Crippen molar-refractivity contribution >= 4 is 22.4 Å². The number of ketones is 1. The maximum absolute atomic E-state index is 13.1. The van der Waals surface area contributed by atoms with Crippen molar-refractivity contribution in [1.29, 1.82) is 0 Å². The predicted molar refractivity (Wildman–Crippen MR) is 68.2 cm³/mol. The van der Waals surface area contributed by atoms with Gasteiger partial charge in [0.25, 0.3) is 0 Å². The maximum atomic E-state index is 13.1. The summed E-state index contributed by atoms with van der Waals surface area (Å²) in [5, 5.41) is 0.796. The lowest BCUT2D eigenvalue weighted by Crippen LogP contribution is -2.33. The normalized spacial score (nSPS) is 16.3. The van der Waals surface area contributed by atoms with E-state index in [2.05, 4.69) is 9.88 Å². The second-order valence-electron chi connectivity index (χ2n) is 4.53. The second-order valence-corrected chi connectivity index (χ2v) is 4.53. The molecule has 2 aromatic rings. The zero-order valence-corrected chi connectivity index (χ0v) is 9.90. The van der Waals surface area contributed by atoms with Gasteiger partial charge in [0.1, 0.15) is 11.6 Å². The molecule has 3 nitrogen and oxygen atoms in total. The van der Waals surface area contributed by atoms with Gasteiger partial charge < -0.3 is 4.90 Å². The van der Waals surface area contributed by atoms with Crippen LogP contribution < -0.4 is 4.90 Å². The number of Topliss-reactive ketones (excluding diaryl/α,β-unsaturated/α-hetero) is 1. The van der Waals surface area contributed by atoms with Crippen LogP contribution in [0.25, 0.3) is 10.9 Å². The van der Waals surface area contributed by atoms with Gasteiger partial charge in [0.15, 0.2) is 0 Å². The van der Waals surface area contributed by atoms with E-state index in [1.54, 1.807) is 0 Å². The molecular weight excluding hydrogens is 231 g/mol. The van der Waals surface area contributed by atoms with Crippen molar-refractivity contribution in [1.82, 2.24) is 4.98 Å². The Bertz CT molecular complexity index is 602. The Labute approximate surface area is 104 Å². The quantitative estimate of drug-likeness (QED) is 0.773. The Morgan fingerprint density at radius 3 is 2.78 bits per heavy atom. The first-order valence-corrected chi connectivity index (χ1v) is 6.05. The fourth-order valence-electron chi connectivity index (χ4n) is 2.37. The van der Waals surface area contributed by atoms with Crippen LogP contribution in [0.4, 0.5) is 10.1 Å². The molecule has 0 aliphatic carbocycles. The highest BCUT2D eigenvalue weighted by Crippen LogP contribution is 2.27. The molecule has 0 amide bonds. The lowest BCUT2D eigenvalue weighted by Gasteiger charge is -2.28. The molecular formula is C14H13FN2O. The van der Waals surface area contributed by atoms with E-state index in [0.29, 0.717) is 18.6 Å². The fraction of sp³-hybridized carbons (Fsp3) is 0.286. The van der Waals surface area contributed by atoms with Crippen molar-refractivity contribution in [2.75, 3.05) is 18.0 Å². The lowest BCUT2D eigenvalue weighted by atomic mass is 10.1. The fourth-order valence-corrected chi connectivity index (χ4v) is 2.37. The molecule has 1 saturated heterocycles. The minimum atomic E-state index is -0.325. The maximum Gasteiger partial charge on any atom is 0.142 e. The number of piperidine rings is 1. The standard InChI is InChI=1S/C14H13FN2O/c15-11-8-10-2-1-3-13(14(10)16-9-11)17-6-4-12(18)5-7-17/h1-3,8-9H,4-7H2. The summed E-state index contributed by atoms with van der Waals surface area (Å²) in [5.74, 6) is -0.0148. The van der Waals surface area contributed by atoms with Crippen molar-refractivity contribution in [3.8, 4) is 0 Å². The van der Waals surface area contributed by atoms with E-state index in [4.69, 9.17) is 0 Å². The first-order valence-electron chi connectivity index (χ1n) is 6.05. The SMILES string of the molecule is O=C1CCN(c2cccc3cc(F)cnc23)CC1. The minimum absolute atomic E-state index is 0.311.